The number of nitrogens with zero attached hydrogens (tertiary/aromatic N) is 1. The van der Waals surface area contributed by atoms with Crippen molar-refractivity contribution in [3.05, 3.63) is 136 Å². The summed E-state index contributed by atoms with van der Waals surface area (Å²) in [5.41, 5.74) is 3.64. The van der Waals surface area contributed by atoms with Crippen molar-refractivity contribution in [2.45, 2.75) is 4.90 Å². The second-order valence-corrected chi connectivity index (χ2v) is 11.4. The molecule has 1 amide bonds. The molecule has 0 spiro atoms. The van der Waals surface area contributed by atoms with E-state index in [2.05, 4.69) is 15.2 Å². The first-order chi connectivity index (χ1) is 20.2. The molecule has 0 radical (unpaired) electrons. The Morgan fingerprint density at radius 2 is 1.48 bits per heavy atom. The molecule has 5 rings (SSSR count). The van der Waals surface area contributed by atoms with Crippen molar-refractivity contribution >= 4 is 67.8 Å². The lowest BCUT2D eigenvalue weighted by atomic mass is 10.0. The summed E-state index contributed by atoms with van der Waals surface area (Å²) < 4.78 is 33.3. The minimum absolute atomic E-state index is 0.0495. The summed E-state index contributed by atoms with van der Waals surface area (Å²) in [6, 6.07) is 29.0. The average Bonchev–Trinajstić information content (AvgIpc) is 2.98. The van der Waals surface area contributed by atoms with Gasteiger partial charge in [-0.1, -0.05) is 65.7 Å². The van der Waals surface area contributed by atoms with Crippen LogP contribution >= 0.6 is 23.2 Å². The molecule has 2 N–H and O–H groups in total. The molecular weight excluding hydrogens is 597 g/mol. The summed E-state index contributed by atoms with van der Waals surface area (Å²) in [6.07, 6.45) is 1.39. The number of rotatable bonds is 8. The third-order valence-corrected chi connectivity index (χ3v) is 8.09. The number of ether oxygens (including phenoxy) is 1. The first-order valence-electron chi connectivity index (χ1n) is 12.4. The highest BCUT2D eigenvalue weighted by atomic mass is 35.5. The Balaban J connectivity index is 1.31. The molecule has 0 atom stereocenters. The number of fused-ring (bicyclic) bond motifs is 1. The summed E-state index contributed by atoms with van der Waals surface area (Å²) in [5, 5.41) is 6.39. The van der Waals surface area contributed by atoms with Gasteiger partial charge in [-0.25, -0.2) is 18.6 Å². The van der Waals surface area contributed by atoms with Crippen LogP contribution in [-0.2, 0) is 10.0 Å². The molecule has 0 aliphatic carbocycles. The summed E-state index contributed by atoms with van der Waals surface area (Å²) in [6.45, 7) is 0. The predicted octanol–water partition coefficient (Wildman–Crippen LogP) is 6.93. The molecule has 11 heteroatoms. The van der Waals surface area contributed by atoms with Crippen molar-refractivity contribution in [1.82, 2.24) is 5.43 Å². The highest BCUT2D eigenvalue weighted by Gasteiger charge is 2.17. The smallest absolute Gasteiger partial charge is 0.345 e. The van der Waals surface area contributed by atoms with E-state index in [0.29, 0.717) is 10.6 Å². The van der Waals surface area contributed by atoms with Crippen LogP contribution in [0.1, 0.15) is 26.3 Å². The maximum absolute atomic E-state index is 12.8. The molecule has 0 aliphatic rings. The summed E-state index contributed by atoms with van der Waals surface area (Å²) in [7, 11) is -3.83. The van der Waals surface area contributed by atoms with Crippen molar-refractivity contribution in [1.29, 1.82) is 0 Å². The molecule has 42 heavy (non-hydrogen) atoms. The topological polar surface area (TPSA) is 114 Å². The quantitative estimate of drug-likeness (QED) is 0.0848. The van der Waals surface area contributed by atoms with Gasteiger partial charge >= 0.3 is 5.97 Å². The Hall–Kier alpha value is -4.70. The number of carbonyl (C=O) groups is 2. The number of hydrazone groups is 1. The molecule has 0 unspecified atom stereocenters. The normalized spacial score (nSPS) is 11.4. The second-order valence-electron chi connectivity index (χ2n) is 8.90. The Kier molecular flexibility index (Phi) is 8.53. The monoisotopic (exact) mass is 617 g/mol. The molecule has 0 fully saturated rings. The number of nitrogens with one attached hydrogen (secondary N) is 2. The van der Waals surface area contributed by atoms with Gasteiger partial charge in [-0.15, -0.1) is 0 Å². The van der Waals surface area contributed by atoms with Crippen LogP contribution in [-0.4, -0.2) is 26.5 Å². The van der Waals surface area contributed by atoms with E-state index >= 15 is 0 Å². The van der Waals surface area contributed by atoms with E-state index in [9.17, 15) is 18.0 Å². The maximum Gasteiger partial charge on any atom is 0.345 e. The van der Waals surface area contributed by atoms with E-state index in [1.807, 2.05) is 30.3 Å². The van der Waals surface area contributed by atoms with Crippen LogP contribution in [0.15, 0.2) is 119 Å². The molecule has 0 aromatic heterocycles. The van der Waals surface area contributed by atoms with E-state index in [1.54, 1.807) is 30.3 Å². The van der Waals surface area contributed by atoms with Crippen molar-refractivity contribution in [3.63, 3.8) is 0 Å². The van der Waals surface area contributed by atoms with Gasteiger partial charge in [0.15, 0.2) is 0 Å². The largest absolute Gasteiger partial charge is 0.422 e. The summed E-state index contributed by atoms with van der Waals surface area (Å²) in [5.74, 6) is -0.941. The zero-order valence-electron chi connectivity index (χ0n) is 21.6. The molecule has 5 aromatic rings. The lowest BCUT2D eigenvalue weighted by Crippen LogP contribution is -2.18. The van der Waals surface area contributed by atoms with Crippen molar-refractivity contribution in [2.24, 2.45) is 5.10 Å². The van der Waals surface area contributed by atoms with E-state index < -0.39 is 21.9 Å². The lowest BCUT2D eigenvalue weighted by Gasteiger charge is -2.11. The van der Waals surface area contributed by atoms with Gasteiger partial charge in [0.25, 0.3) is 15.9 Å². The molecular formula is C31H21Cl2N3O5S. The Bertz CT molecular complexity index is 1930. The van der Waals surface area contributed by atoms with Crippen LogP contribution in [0.5, 0.6) is 5.75 Å². The molecule has 0 saturated heterocycles. The number of carbonyl (C=O) groups excluding carboxylic acids is 2. The van der Waals surface area contributed by atoms with Crippen LogP contribution in [0, 0.1) is 0 Å². The van der Waals surface area contributed by atoms with E-state index in [-0.39, 0.29) is 32.5 Å². The molecule has 5 aromatic carbocycles. The highest BCUT2D eigenvalue weighted by molar-refractivity contribution is 7.92. The number of hydrogen-bond acceptors (Lipinski definition) is 6. The summed E-state index contributed by atoms with van der Waals surface area (Å²) >= 11 is 12.0. The third kappa shape index (κ3) is 6.60. The third-order valence-electron chi connectivity index (χ3n) is 6.11. The first kappa shape index (κ1) is 28.8. The van der Waals surface area contributed by atoms with Crippen LogP contribution < -0.4 is 14.9 Å². The number of esters is 1. The molecule has 0 heterocycles. The molecule has 8 nitrogen and oxygen atoms in total. The molecule has 0 bridgehead atoms. The lowest BCUT2D eigenvalue weighted by molar-refractivity contribution is 0.0734. The van der Waals surface area contributed by atoms with E-state index in [4.69, 9.17) is 27.9 Å². The van der Waals surface area contributed by atoms with Gasteiger partial charge in [-0.3, -0.25) is 9.52 Å². The number of hydrogen-bond donors (Lipinski definition) is 2. The number of halogens is 2. The van der Waals surface area contributed by atoms with Gasteiger partial charge in [0, 0.05) is 21.8 Å². The minimum Gasteiger partial charge on any atom is -0.422 e. The van der Waals surface area contributed by atoms with Crippen LogP contribution in [0.2, 0.25) is 10.0 Å². The van der Waals surface area contributed by atoms with Crippen LogP contribution in [0.25, 0.3) is 10.8 Å². The number of amides is 1. The molecule has 0 saturated carbocycles. The van der Waals surface area contributed by atoms with Crippen LogP contribution in [0.3, 0.4) is 0 Å². The van der Waals surface area contributed by atoms with Gasteiger partial charge in [0.05, 0.1) is 21.7 Å². The number of anilines is 1. The zero-order valence-corrected chi connectivity index (χ0v) is 24.0. The fourth-order valence-electron chi connectivity index (χ4n) is 4.02. The zero-order chi connectivity index (χ0) is 29.7. The van der Waals surface area contributed by atoms with Crippen LogP contribution in [0.4, 0.5) is 5.69 Å². The molecule has 0 aliphatic heterocycles. The fourth-order valence-corrected chi connectivity index (χ4v) is 5.41. The van der Waals surface area contributed by atoms with Crippen molar-refractivity contribution in [2.75, 3.05) is 4.72 Å². The second kappa shape index (κ2) is 12.4. The minimum atomic E-state index is -3.83. The molecule has 210 valence electrons. The van der Waals surface area contributed by atoms with Gasteiger partial charge in [0.1, 0.15) is 5.75 Å². The highest BCUT2D eigenvalue weighted by Crippen LogP contribution is 2.28. The first-order valence-corrected chi connectivity index (χ1v) is 14.7. The Labute approximate surface area is 251 Å². The number of benzene rings is 5. The van der Waals surface area contributed by atoms with Gasteiger partial charge in [-0.05, 0) is 77.5 Å². The number of sulfonamides is 1. The summed E-state index contributed by atoms with van der Waals surface area (Å²) in [4.78, 5) is 25.6. The SMILES string of the molecule is O=C(N/N=C\c1c(OC(=O)c2ccccc2Cl)ccc2ccccc12)c1ccc(NS(=O)(=O)c2ccc(Cl)cc2)cc1. The van der Waals surface area contributed by atoms with E-state index in [0.717, 1.165) is 10.8 Å². The van der Waals surface area contributed by atoms with Crippen molar-refractivity contribution in [3.8, 4) is 5.75 Å². The standard InChI is InChI=1S/C31H21Cl2N3O5S/c32-22-12-16-24(17-13-22)42(39,40)36-23-14-9-21(10-15-23)30(37)35-34-19-27-25-6-2-1-5-20(25)11-18-29(27)41-31(38)26-7-3-4-8-28(26)33/h1-19,36H,(H,35,37)/b34-19-. The van der Waals surface area contributed by atoms with Gasteiger partial charge in [-0.2, -0.15) is 5.10 Å². The predicted molar refractivity (Wildman–Crippen MR) is 164 cm³/mol. The van der Waals surface area contributed by atoms with Gasteiger partial charge in [0.2, 0.25) is 0 Å². The average molecular weight is 618 g/mol. The van der Waals surface area contributed by atoms with Crippen molar-refractivity contribution < 1.29 is 22.7 Å². The van der Waals surface area contributed by atoms with E-state index in [1.165, 1.54) is 54.7 Å². The Morgan fingerprint density at radius 1 is 0.786 bits per heavy atom. The fraction of sp³-hybridized carbons (Fsp3) is 0. The Morgan fingerprint density at radius 3 is 2.21 bits per heavy atom. The maximum atomic E-state index is 12.8. The van der Waals surface area contributed by atoms with Gasteiger partial charge < -0.3 is 4.74 Å².